The van der Waals surface area contributed by atoms with Crippen LogP contribution in [0, 0.1) is 13.8 Å². The molecule has 2 aromatic heterocycles. The molecule has 34 heavy (non-hydrogen) atoms. The van der Waals surface area contributed by atoms with Gasteiger partial charge >= 0.3 is 5.69 Å². The summed E-state index contributed by atoms with van der Waals surface area (Å²) in [5.74, 6) is 0.00202. The highest BCUT2D eigenvalue weighted by molar-refractivity contribution is 7.17. The van der Waals surface area contributed by atoms with Gasteiger partial charge in [-0.25, -0.2) is 4.79 Å². The van der Waals surface area contributed by atoms with E-state index in [1.165, 1.54) is 32.7 Å². The van der Waals surface area contributed by atoms with Crippen LogP contribution in [-0.4, -0.2) is 46.5 Å². The van der Waals surface area contributed by atoms with Crippen LogP contribution in [-0.2, 0) is 6.54 Å². The van der Waals surface area contributed by atoms with E-state index in [0.717, 1.165) is 18.7 Å². The molecule has 8 heteroatoms. The molecule has 0 atom stereocenters. The number of thiophene rings is 1. The van der Waals surface area contributed by atoms with Gasteiger partial charge in [-0.2, -0.15) is 0 Å². The average molecular weight is 475 g/mol. The maximum atomic E-state index is 13.1. The van der Waals surface area contributed by atoms with E-state index in [-0.39, 0.29) is 18.0 Å². The lowest BCUT2D eigenvalue weighted by atomic mass is 10.1. The van der Waals surface area contributed by atoms with Gasteiger partial charge in [0.2, 0.25) is 0 Å². The van der Waals surface area contributed by atoms with Crippen LogP contribution in [0.15, 0.2) is 63.5 Å². The van der Waals surface area contributed by atoms with Crippen molar-refractivity contribution in [2.75, 3.05) is 31.1 Å². The van der Waals surface area contributed by atoms with Gasteiger partial charge in [-0.3, -0.25) is 14.2 Å². The van der Waals surface area contributed by atoms with Crippen molar-refractivity contribution in [3.8, 4) is 0 Å². The third-order valence-electron chi connectivity index (χ3n) is 6.41. The number of aromatic nitrogens is 2. The molecular weight excluding hydrogens is 448 g/mol. The maximum absolute atomic E-state index is 13.1. The minimum atomic E-state index is -0.433. The Kier molecular flexibility index (Phi) is 5.83. The number of carbonyl (C=O) groups excluding carboxylic acids is 1. The van der Waals surface area contributed by atoms with Gasteiger partial charge in [-0.1, -0.05) is 24.3 Å². The van der Waals surface area contributed by atoms with Gasteiger partial charge in [-0.05, 0) is 60.2 Å². The van der Waals surface area contributed by atoms with Crippen LogP contribution in [0.25, 0.3) is 10.2 Å². The van der Waals surface area contributed by atoms with Crippen LogP contribution >= 0.6 is 11.3 Å². The summed E-state index contributed by atoms with van der Waals surface area (Å²) in [5.41, 5.74) is 4.96. The van der Waals surface area contributed by atoms with E-state index in [9.17, 15) is 14.4 Å². The second-order valence-corrected chi connectivity index (χ2v) is 9.67. The minimum Gasteiger partial charge on any atom is -0.368 e. The van der Waals surface area contributed by atoms with Crippen LogP contribution in [0.5, 0.6) is 0 Å². The van der Waals surface area contributed by atoms with E-state index < -0.39 is 5.69 Å². The zero-order valence-corrected chi connectivity index (χ0v) is 20.0. The Morgan fingerprint density at radius 3 is 2.44 bits per heavy atom. The molecule has 5 rings (SSSR count). The first-order valence-corrected chi connectivity index (χ1v) is 12.2. The van der Waals surface area contributed by atoms with E-state index in [0.29, 0.717) is 28.9 Å². The minimum absolute atomic E-state index is 0.00202. The number of carbonyl (C=O) groups is 1. The maximum Gasteiger partial charge on any atom is 0.329 e. The highest BCUT2D eigenvalue weighted by Crippen LogP contribution is 2.23. The van der Waals surface area contributed by atoms with Crippen molar-refractivity contribution in [1.82, 2.24) is 14.5 Å². The molecular formula is C26H26N4O3S. The molecule has 2 aromatic carbocycles. The van der Waals surface area contributed by atoms with E-state index in [1.807, 2.05) is 17.0 Å². The van der Waals surface area contributed by atoms with Gasteiger partial charge in [0.1, 0.15) is 4.70 Å². The normalized spacial score (nSPS) is 14.1. The fourth-order valence-corrected chi connectivity index (χ4v) is 5.24. The molecule has 1 aliphatic heterocycles. The molecule has 174 valence electrons. The number of hydrogen-bond acceptors (Lipinski definition) is 5. The Bertz CT molecular complexity index is 1470. The Balaban J connectivity index is 1.26. The zero-order valence-electron chi connectivity index (χ0n) is 19.2. The van der Waals surface area contributed by atoms with Crippen LogP contribution in [0.2, 0.25) is 0 Å². The standard InChI is InChI=1S/C26H26N4O3S/c1-17-3-4-18(2)22(15-17)28-10-12-29(13-11-28)24(31)20-7-5-19(6-8-20)16-30-25(32)23-21(9-14-34-23)27-26(30)33/h3-9,14-15H,10-13,16H2,1-2H3,(H,27,33). The molecule has 4 aromatic rings. The number of fused-ring (bicyclic) bond motifs is 1. The number of piperazine rings is 1. The van der Waals surface area contributed by atoms with Gasteiger partial charge in [0.15, 0.2) is 0 Å². The molecule has 0 bridgehead atoms. The third-order valence-corrected chi connectivity index (χ3v) is 7.31. The molecule has 1 amide bonds. The fraction of sp³-hybridized carbons (Fsp3) is 0.269. The van der Waals surface area contributed by atoms with Gasteiger partial charge in [0.05, 0.1) is 12.1 Å². The summed E-state index contributed by atoms with van der Waals surface area (Å²) in [4.78, 5) is 45.0. The second kappa shape index (κ2) is 8.95. The summed E-state index contributed by atoms with van der Waals surface area (Å²) in [7, 11) is 0. The van der Waals surface area contributed by atoms with Crippen molar-refractivity contribution in [2.24, 2.45) is 0 Å². The Labute approximate surface area is 200 Å². The molecule has 0 saturated carbocycles. The molecule has 1 fully saturated rings. The molecule has 0 unspecified atom stereocenters. The number of aromatic amines is 1. The van der Waals surface area contributed by atoms with Crippen LogP contribution < -0.4 is 16.1 Å². The molecule has 3 heterocycles. The van der Waals surface area contributed by atoms with Crippen molar-refractivity contribution >= 4 is 33.1 Å². The molecule has 1 aliphatic rings. The fourth-order valence-electron chi connectivity index (χ4n) is 4.44. The van der Waals surface area contributed by atoms with E-state index >= 15 is 0 Å². The summed E-state index contributed by atoms with van der Waals surface area (Å²) in [6.45, 7) is 7.30. The molecule has 1 N–H and O–H groups in total. The van der Waals surface area contributed by atoms with Crippen LogP contribution in [0.4, 0.5) is 5.69 Å². The Morgan fingerprint density at radius 2 is 1.71 bits per heavy atom. The van der Waals surface area contributed by atoms with Crippen LogP contribution in [0.1, 0.15) is 27.0 Å². The molecule has 1 saturated heterocycles. The Morgan fingerprint density at radius 1 is 0.971 bits per heavy atom. The smallest absolute Gasteiger partial charge is 0.329 e. The first-order valence-electron chi connectivity index (χ1n) is 11.3. The van der Waals surface area contributed by atoms with Crippen molar-refractivity contribution < 1.29 is 4.79 Å². The van der Waals surface area contributed by atoms with Crippen molar-refractivity contribution in [3.05, 3.63) is 97.0 Å². The Hall–Kier alpha value is -3.65. The predicted molar refractivity (Wildman–Crippen MR) is 136 cm³/mol. The van der Waals surface area contributed by atoms with Gasteiger partial charge in [0.25, 0.3) is 11.5 Å². The van der Waals surface area contributed by atoms with Crippen LogP contribution in [0.3, 0.4) is 0 Å². The third kappa shape index (κ3) is 4.17. The largest absolute Gasteiger partial charge is 0.368 e. The lowest BCUT2D eigenvalue weighted by Gasteiger charge is -2.37. The zero-order chi connectivity index (χ0) is 23.8. The number of anilines is 1. The molecule has 7 nitrogen and oxygen atoms in total. The number of nitrogens with zero attached hydrogens (tertiary/aromatic N) is 3. The SMILES string of the molecule is Cc1ccc(C)c(N2CCN(C(=O)c3ccc(Cn4c(=O)[nH]c5ccsc5c4=O)cc3)CC2)c1. The number of amides is 1. The van der Waals surface area contributed by atoms with E-state index in [1.54, 1.807) is 23.6 Å². The summed E-state index contributed by atoms with van der Waals surface area (Å²) in [6, 6.07) is 15.4. The van der Waals surface area contributed by atoms with Crippen molar-refractivity contribution in [2.45, 2.75) is 20.4 Å². The average Bonchev–Trinajstić information content (AvgIpc) is 3.32. The monoisotopic (exact) mass is 474 g/mol. The predicted octanol–water partition coefficient (Wildman–Crippen LogP) is 3.38. The molecule has 0 aliphatic carbocycles. The number of aryl methyl sites for hydroxylation is 2. The van der Waals surface area contributed by atoms with Crippen molar-refractivity contribution in [3.63, 3.8) is 0 Å². The van der Waals surface area contributed by atoms with Gasteiger partial charge in [-0.15, -0.1) is 11.3 Å². The lowest BCUT2D eigenvalue weighted by molar-refractivity contribution is 0.0746. The highest BCUT2D eigenvalue weighted by atomic mass is 32.1. The first-order chi connectivity index (χ1) is 16.4. The number of rotatable bonds is 4. The summed E-state index contributed by atoms with van der Waals surface area (Å²) in [5, 5.41) is 1.79. The number of hydrogen-bond donors (Lipinski definition) is 1. The first kappa shape index (κ1) is 22.2. The van der Waals surface area contributed by atoms with Gasteiger partial charge in [0, 0.05) is 37.4 Å². The summed E-state index contributed by atoms with van der Waals surface area (Å²) >= 11 is 1.31. The molecule has 0 spiro atoms. The second-order valence-electron chi connectivity index (χ2n) is 8.75. The summed E-state index contributed by atoms with van der Waals surface area (Å²) < 4.78 is 1.73. The topological polar surface area (TPSA) is 78.4 Å². The highest BCUT2D eigenvalue weighted by Gasteiger charge is 2.23. The quantitative estimate of drug-likeness (QED) is 0.492. The van der Waals surface area contributed by atoms with E-state index in [2.05, 4.69) is 41.9 Å². The number of H-pyrrole nitrogens is 1. The number of benzene rings is 2. The van der Waals surface area contributed by atoms with Crippen molar-refractivity contribution in [1.29, 1.82) is 0 Å². The molecule has 0 radical (unpaired) electrons. The summed E-state index contributed by atoms with van der Waals surface area (Å²) in [6.07, 6.45) is 0. The van der Waals surface area contributed by atoms with Gasteiger partial charge < -0.3 is 14.8 Å². The van der Waals surface area contributed by atoms with E-state index in [4.69, 9.17) is 0 Å². The lowest BCUT2D eigenvalue weighted by Crippen LogP contribution is -2.49. The number of nitrogens with one attached hydrogen (secondary N) is 1.